The predicted octanol–water partition coefficient (Wildman–Crippen LogP) is 0.697. The van der Waals surface area contributed by atoms with Gasteiger partial charge in [-0.2, -0.15) is 14.6 Å². The van der Waals surface area contributed by atoms with Gasteiger partial charge in [-0.1, -0.05) is 0 Å². The van der Waals surface area contributed by atoms with Crippen molar-refractivity contribution in [1.82, 2.24) is 29.8 Å². The van der Waals surface area contributed by atoms with E-state index in [9.17, 15) is 0 Å². The third-order valence-corrected chi connectivity index (χ3v) is 3.57. The van der Waals surface area contributed by atoms with Crippen molar-refractivity contribution in [1.29, 1.82) is 0 Å². The first-order chi connectivity index (χ1) is 9.83. The van der Waals surface area contributed by atoms with E-state index in [2.05, 4.69) is 30.2 Å². The van der Waals surface area contributed by atoms with Crippen LogP contribution in [0, 0.1) is 0 Å². The van der Waals surface area contributed by atoms with Crippen LogP contribution in [0.5, 0.6) is 0 Å². The Morgan fingerprint density at radius 3 is 2.85 bits per heavy atom. The van der Waals surface area contributed by atoms with Gasteiger partial charge in [0.1, 0.15) is 17.7 Å². The first-order valence-corrected chi connectivity index (χ1v) is 6.58. The highest BCUT2D eigenvalue weighted by atomic mass is 15.4. The minimum Gasteiger partial charge on any atom is -0.367 e. The molecule has 0 aliphatic carbocycles. The topological polar surface area (TPSA) is 101 Å². The minimum atomic E-state index is 0.261. The van der Waals surface area contributed by atoms with Gasteiger partial charge >= 0.3 is 0 Å². The fourth-order valence-electron chi connectivity index (χ4n) is 2.68. The number of nitrogens with one attached hydrogen (secondary N) is 1. The van der Waals surface area contributed by atoms with E-state index in [1.54, 1.807) is 17.0 Å². The summed E-state index contributed by atoms with van der Waals surface area (Å²) in [6.45, 7) is 2.00. The molecule has 20 heavy (non-hydrogen) atoms. The van der Waals surface area contributed by atoms with Gasteiger partial charge in [-0.05, 0) is 12.8 Å². The third-order valence-electron chi connectivity index (χ3n) is 3.57. The van der Waals surface area contributed by atoms with Crippen molar-refractivity contribution in [3.05, 3.63) is 18.7 Å². The van der Waals surface area contributed by atoms with E-state index in [4.69, 9.17) is 5.73 Å². The molecule has 0 saturated carbocycles. The summed E-state index contributed by atoms with van der Waals surface area (Å²) in [5.41, 5.74) is 9.25. The second-order valence-corrected chi connectivity index (χ2v) is 4.86. The molecule has 3 N–H and O–H groups in total. The van der Waals surface area contributed by atoms with Crippen molar-refractivity contribution >= 4 is 17.3 Å². The van der Waals surface area contributed by atoms with Crippen LogP contribution in [0.4, 0.5) is 11.6 Å². The van der Waals surface area contributed by atoms with Gasteiger partial charge < -0.3 is 10.6 Å². The molecule has 8 heteroatoms. The quantitative estimate of drug-likeness (QED) is 0.710. The third kappa shape index (κ3) is 1.61. The number of nitrogens with zero attached hydrogens (tertiary/aromatic N) is 6. The van der Waals surface area contributed by atoms with Crippen LogP contribution < -0.4 is 10.6 Å². The number of hydrogen-bond acceptors (Lipinski definition) is 6. The molecular formula is C12H14N8. The maximum Gasteiger partial charge on any atom is 0.240 e. The van der Waals surface area contributed by atoms with Gasteiger partial charge in [0.2, 0.25) is 5.95 Å². The fourth-order valence-corrected chi connectivity index (χ4v) is 2.68. The summed E-state index contributed by atoms with van der Waals surface area (Å²) >= 11 is 0. The summed E-state index contributed by atoms with van der Waals surface area (Å²) in [5, 5.41) is 11.0. The molecule has 4 heterocycles. The van der Waals surface area contributed by atoms with E-state index >= 15 is 0 Å². The Hall–Kier alpha value is -2.64. The summed E-state index contributed by atoms with van der Waals surface area (Å²) in [5.74, 6) is 0.261. The first-order valence-electron chi connectivity index (χ1n) is 6.58. The standard InChI is InChI=1S/C12H14N8/c13-12-17-11-10(19-3-1-2-4-19)9(8-5-15-16-6-8)14-7-20(11)18-12/h5-7H,1-4H2,(H2,13,18)(H,15,16). The van der Waals surface area contributed by atoms with Crippen LogP contribution in [-0.2, 0) is 0 Å². The van der Waals surface area contributed by atoms with Crippen LogP contribution in [0.3, 0.4) is 0 Å². The van der Waals surface area contributed by atoms with Crippen molar-refractivity contribution < 1.29 is 0 Å². The average Bonchev–Trinajstić information content (AvgIpc) is 3.18. The number of nitrogen functional groups attached to an aromatic ring is 1. The van der Waals surface area contributed by atoms with E-state index in [1.165, 1.54) is 12.8 Å². The van der Waals surface area contributed by atoms with Gasteiger partial charge in [-0.3, -0.25) is 5.10 Å². The normalized spacial score (nSPS) is 15.3. The molecule has 1 saturated heterocycles. The first kappa shape index (κ1) is 11.2. The smallest absolute Gasteiger partial charge is 0.240 e. The summed E-state index contributed by atoms with van der Waals surface area (Å²) < 4.78 is 1.63. The zero-order chi connectivity index (χ0) is 13.5. The number of aromatic nitrogens is 6. The highest BCUT2D eigenvalue weighted by Crippen LogP contribution is 2.33. The van der Waals surface area contributed by atoms with Crippen LogP contribution in [-0.4, -0.2) is 42.9 Å². The van der Waals surface area contributed by atoms with Crippen molar-refractivity contribution in [3.63, 3.8) is 0 Å². The number of nitrogens with two attached hydrogens (primary N) is 1. The summed E-state index contributed by atoms with van der Waals surface area (Å²) in [6.07, 6.45) is 7.59. The van der Waals surface area contributed by atoms with E-state index in [0.717, 1.165) is 35.7 Å². The van der Waals surface area contributed by atoms with Crippen molar-refractivity contribution in [2.45, 2.75) is 12.8 Å². The number of aromatic amines is 1. The molecule has 3 aromatic heterocycles. The van der Waals surface area contributed by atoms with Crippen molar-refractivity contribution in [2.75, 3.05) is 23.7 Å². The maximum absolute atomic E-state index is 5.72. The number of hydrogen-bond donors (Lipinski definition) is 2. The Bertz CT molecular complexity index is 738. The molecule has 0 radical (unpaired) electrons. The Labute approximate surface area is 114 Å². The Morgan fingerprint density at radius 2 is 2.10 bits per heavy atom. The van der Waals surface area contributed by atoms with Crippen LogP contribution in [0.15, 0.2) is 18.7 Å². The summed E-state index contributed by atoms with van der Waals surface area (Å²) in [4.78, 5) is 11.1. The van der Waals surface area contributed by atoms with Gasteiger partial charge in [0.15, 0.2) is 5.65 Å². The zero-order valence-corrected chi connectivity index (χ0v) is 10.8. The molecule has 0 atom stereocenters. The summed E-state index contributed by atoms with van der Waals surface area (Å²) in [7, 11) is 0. The number of rotatable bonds is 2. The largest absolute Gasteiger partial charge is 0.367 e. The molecule has 0 bridgehead atoms. The second kappa shape index (κ2) is 4.19. The zero-order valence-electron chi connectivity index (χ0n) is 10.8. The SMILES string of the molecule is Nc1nc2c(N3CCCC3)c(-c3cn[nH]c3)ncn2n1. The fraction of sp³-hybridized carbons (Fsp3) is 0.333. The van der Waals surface area contributed by atoms with E-state index < -0.39 is 0 Å². The Morgan fingerprint density at radius 1 is 1.25 bits per heavy atom. The second-order valence-electron chi connectivity index (χ2n) is 4.86. The van der Waals surface area contributed by atoms with Crippen molar-refractivity contribution in [3.8, 4) is 11.3 Å². The van der Waals surface area contributed by atoms with Crippen LogP contribution in [0.25, 0.3) is 16.9 Å². The van der Waals surface area contributed by atoms with E-state index in [-0.39, 0.29) is 5.95 Å². The molecule has 0 aromatic carbocycles. The minimum absolute atomic E-state index is 0.261. The van der Waals surface area contributed by atoms with E-state index in [0.29, 0.717) is 0 Å². The average molecular weight is 270 g/mol. The maximum atomic E-state index is 5.72. The molecule has 1 fully saturated rings. The van der Waals surface area contributed by atoms with E-state index in [1.807, 2.05) is 6.20 Å². The Balaban J connectivity index is 2.00. The van der Waals surface area contributed by atoms with Gasteiger partial charge in [0, 0.05) is 24.8 Å². The molecule has 8 nitrogen and oxygen atoms in total. The van der Waals surface area contributed by atoms with Crippen LogP contribution >= 0.6 is 0 Å². The molecule has 0 spiro atoms. The van der Waals surface area contributed by atoms with Gasteiger partial charge in [-0.25, -0.2) is 4.98 Å². The lowest BCUT2D eigenvalue weighted by Gasteiger charge is -2.20. The van der Waals surface area contributed by atoms with Gasteiger partial charge in [0.05, 0.1) is 6.20 Å². The molecule has 0 amide bonds. The number of anilines is 2. The molecule has 102 valence electrons. The molecule has 3 aromatic rings. The van der Waals surface area contributed by atoms with Gasteiger partial charge in [0.25, 0.3) is 0 Å². The number of fused-ring (bicyclic) bond motifs is 1. The lowest BCUT2D eigenvalue weighted by molar-refractivity contribution is 0.902. The summed E-state index contributed by atoms with van der Waals surface area (Å²) in [6, 6.07) is 0. The number of H-pyrrole nitrogens is 1. The monoisotopic (exact) mass is 270 g/mol. The highest BCUT2D eigenvalue weighted by molar-refractivity contribution is 5.85. The highest BCUT2D eigenvalue weighted by Gasteiger charge is 2.23. The lowest BCUT2D eigenvalue weighted by Crippen LogP contribution is -2.20. The van der Waals surface area contributed by atoms with Gasteiger partial charge in [-0.15, -0.1) is 5.10 Å². The molecule has 4 rings (SSSR count). The molecular weight excluding hydrogens is 256 g/mol. The van der Waals surface area contributed by atoms with Crippen molar-refractivity contribution in [2.24, 2.45) is 0 Å². The predicted molar refractivity (Wildman–Crippen MR) is 74.2 cm³/mol. The Kier molecular flexibility index (Phi) is 2.35. The molecule has 1 aliphatic rings. The molecule has 1 aliphatic heterocycles. The molecule has 0 unspecified atom stereocenters. The lowest BCUT2D eigenvalue weighted by atomic mass is 10.2. The van der Waals surface area contributed by atoms with Crippen LogP contribution in [0.2, 0.25) is 0 Å². The van der Waals surface area contributed by atoms with Crippen LogP contribution in [0.1, 0.15) is 12.8 Å².